The monoisotopic (exact) mass is 526 g/mol. The highest BCUT2D eigenvalue weighted by Crippen LogP contribution is 2.30. The fourth-order valence-corrected chi connectivity index (χ4v) is 5.53. The van der Waals surface area contributed by atoms with Crippen molar-refractivity contribution < 1.29 is 19.1 Å². The molecule has 2 aliphatic rings. The minimum Gasteiger partial charge on any atom is -0.445 e. The van der Waals surface area contributed by atoms with Crippen molar-refractivity contribution in [3.8, 4) is 0 Å². The van der Waals surface area contributed by atoms with Gasteiger partial charge in [-0.25, -0.2) is 4.79 Å². The van der Waals surface area contributed by atoms with E-state index in [4.69, 9.17) is 10.5 Å². The van der Waals surface area contributed by atoms with Crippen LogP contribution in [0.25, 0.3) is 0 Å². The van der Waals surface area contributed by atoms with Gasteiger partial charge in [0.25, 0.3) is 0 Å². The molecule has 3 amide bonds. The van der Waals surface area contributed by atoms with Gasteiger partial charge in [-0.3, -0.25) is 9.59 Å². The summed E-state index contributed by atoms with van der Waals surface area (Å²) < 4.78 is 5.49. The summed E-state index contributed by atoms with van der Waals surface area (Å²) in [5.74, 6) is -0.510. The first kappa shape index (κ1) is 26.4. The lowest BCUT2D eigenvalue weighted by Crippen LogP contribution is -2.59. The quantitative estimate of drug-likeness (QED) is 0.511. The molecule has 2 saturated heterocycles. The van der Waals surface area contributed by atoms with Crippen LogP contribution in [0.3, 0.4) is 0 Å². The topological polar surface area (TPSA) is 105 Å². The van der Waals surface area contributed by atoms with Crippen molar-refractivity contribution in [1.82, 2.24) is 15.1 Å². The first-order valence-electron chi connectivity index (χ1n) is 13.4. The van der Waals surface area contributed by atoms with Crippen LogP contribution >= 0.6 is 0 Å². The zero-order chi connectivity index (χ0) is 27.2. The second kappa shape index (κ2) is 12.1. The van der Waals surface area contributed by atoms with Crippen LogP contribution in [0.15, 0.2) is 91.0 Å². The molecule has 2 heterocycles. The molecule has 3 atom stereocenters. The van der Waals surface area contributed by atoms with Crippen LogP contribution < -0.4 is 11.1 Å². The van der Waals surface area contributed by atoms with E-state index in [-0.39, 0.29) is 37.0 Å². The highest BCUT2D eigenvalue weighted by atomic mass is 16.6. The van der Waals surface area contributed by atoms with Crippen molar-refractivity contribution in [2.24, 2.45) is 5.73 Å². The number of benzene rings is 3. The molecular formula is C31H34N4O4. The lowest BCUT2D eigenvalue weighted by atomic mass is 9.98. The zero-order valence-electron chi connectivity index (χ0n) is 21.8. The van der Waals surface area contributed by atoms with Gasteiger partial charge in [0.05, 0.1) is 6.04 Å². The predicted octanol–water partition coefficient (Wildman–Crippen LogP) is 3.62. The highest BCUT2D eigenvalue weighted by molar-refractivity contribution is 5.91. The second-order valence-corrected chi connectivity index (χ2v) is 10.1. The van der Waals surface area contributed by atoms with Crippen LogP contribution in [0.1, 0.15) is 42.0 Å². The first-order valence-corrected chi connectivity index (χ1v) is 13.4. The Morgan fingerprint density at radius 3 is 2.08 bits per heavy atom. The van der Waals surface area contributed by atoms with E-state index in [2.05, 4.69) is 5.32 Å². The van der Waals surface area contributed by atoms with Gasteiger partial charge in [0.1, 0.15) is 18.7 Å². The Kier molecular flexibility index (Phi) is 8.22. The molecule has 0 unspecified atom stereocenters. The Balaban J connectivity index is 1.27. The van der Waals surface area contributed by atoms with E-state index in [0.29, 0.717) is 25.8 Å². The van der Waals surface area contributed by atoms with E-state index in [0.717, 1.165) is 16.7 Å². The molecule has 5 rings (SSSR count). The number of amides is 3. The van der Waals surface area contributed by atoms with Gasteiger partial charge in [0.2, 0.25) is 11.8 Å². The number of ether oxygens (including phenoxy) is 1. The maximum atomic E-state index is 13.7. The smallest absolute Gasteiger partial charge is 0.410 e. The van der Waals surface area contributed by atoms with E-state index < -0.39 is 18.2 Å². The number of rotatable bonds is 6. The van der Waals surface area contributed by atoms with E-state index in [1.807, 2.05) is 91.0 Å². The van der Waals surface area contributed by atoms with Crippen LogP contribution in [0, 0.1) is 0 Å². The van der Waals surface area contributed by atoms with Crippen molar-refractivity contribution in [3.05, 3.63) is 108 Å². The lowest BCUT2D eigenvalue weighted by molar-refractivity contribution is -0.142. The van der Waals surface area contributed by atoms with Gasteiger partial charge in [-0.1, -0.05) is 91.0 Å². The molecule has 0 radical (unpaired) electrons. The summed E-state index contributed by atoms with van der Waals surface area (Å²) in [5.41, 5.74) is 9.13. The Labute approximate surface area is 228 Å². The second-order valence-electron chi connectivity index (χ2n) is 10.1. The van der Waals surface area contributed by atoms with Crippen LogP contribution in [-0.4, -0.2) is 58.9 Å². The van der Waals surface area contributed by atoms with E-state index in [1.54, 1.807) is 4.90 Å². The minimum atomic E-state index is -0.940. The zero-order valence-corrected chi connectivity index (χ0v) is 21.8. The van der Waals surface area contributed by atoms with Crippen molar-refractivity contribution >= 4 is 17.9 Å². The highest BCUT2D eigenvalue weighted by Gasteiger charge is 2.44. The number of nitrogens with one attached hydrogen (secondary N) is 1. The van der Waals surface area contributed by atoms with Crippen LogP contribution in [0.5, 0.6) is 0 Å². The largest absolute Gasteiger partial charge is 0.445 e. The number of carbonyl (C=O) groups excluding carboxylic acids is 3. The number of hydrogen-bond donors (Lipinski definition) is 2. The van der Waals surface area contributed by atoms with Gasteiger partial charge in [0.15, 0.2) is 0 Å². The van der Waals surface area contributed by atoms with Crippen molar-refractivity contribution in [2.45, 2.75) is 50.0 Å². The molecular weight excluding hydrogens is 492 g/mol. The Bertz CT molecular complexity index is 1230. The van der Waals surface area contributed by atoms with Crippen molar-refractivity contribution in [3.63, 3.8) is 0 Å². The molecule has 8 heteroatoms. The average molecular weight is 527 g/mol. The van der Waals surface area contributed by atoms with Crippen LogP contribution in [-0.2, 0) is 20.9 Å². The molecule has 8 nitrogen and oxygen atoms in total. The number of nitrogens with zero attached hydrogens (tertiary/aromatic N) is 2. The molecule has 3 aromatic carbocycles. The Morgan fingerprint density at radius 2 is 1.46 bits per heavy atom. The molecule has 0 spiro atoms. The maximum Gasteiger partial charge on any atom is 0.410 e. The summed E-state index contributed by atoms with van der Waals surface area (Å²) >= 11 is 0. The minimum absolute atomic E-state index is 0.0423. The summed E-state index contributed by atoms with van der Waals surface area (Å²) in [7, 11) is 0. The Morgan fingerprint density at radius 1 is 0.872 bits per heavy atom. The van der Waals surface area contributed by atoms with E-state index in [1.165, 1.54) is 4.90 Å². The average Bonchev–Trinajstić information content (AvgIpc) is 3.40. The van der Waals surface area contributed by atoms with Gasteiger partial charge in [-0.05, 0) is 36.0 Å². The van der Waals surface area contributed by atoms with Gasteiger partial charge >= 0.3 is 6.09 Å². The fraction of sp³-hybridized carbons (Fsp3) is 0.323. The number of fused-ring (bicyclic) bond motifs is 1. The van der Waals surface area contributed by atoms with Crippen molar-refractivity contribution in [1.29, 1.82) is 0 Å². The maximum absolute atomic E-state index is 13.7. The third-order valence-electron chi connectivity index (χ3n) is 7.54. The molecule has 0 bridgehead atoms. The molecule has 202 valence electrons. The molecule has 0 saturated carbocycles. The summed E-state index contributed by atoms with van der Waals surface area (Å²) in [6.07, 6.45) is 1.29. The molecule has 39 heavy (non-hydrogen) atoms. The molecule has 0 aromatic heterocycles. The van der Waals surface area contributed by atoms with Gasteiger partial charge in [0, 0.05) is 19.1 Å². The molecule has 2 aliphatic heterocycles. The number of hydrogen-bond acceptors (Lipinski definition) is 5. The van der Waals surface area contributed by atoms with Gasteiger partial charge in [-0.15, -0.1) is 0 Å². The summed E-state index contributed by atoms with van der Waals surface area (Å²) in [4.78, 5) is 43.2. The van der Waals surface area contributed by atoms with E-state index in [9.17, 15) is 14.4 Å². The van der Waals surface area contributed by atoms with Gasteiger partial charge < -0.3 is 25.6 Å². The third-order valence-corrected chi connectivity index (χ3v) is 7.54. The predicted molar refractivity (Wildman–Crippen MR) is 147 cm³/mol. The summed E-state index contributed by atoms with van der Waals surface area (Å²) in [5, 5.41) is 3.20. The number of carbonyl (C=O) groups is 3. The Hall–Kier alpha value is -4.17. The standard InChI is InChI=1S/C31H34N4O4/c32-26-20-34(31(38)39-21-22-10-4-1-5-11-22)19-18-25-16-17-27(35(25)30(26)37)29(36)33-28(23-12-6-2-7-13-23)24-14-8-3-9-15-24/h1-15,25-28H,16-21,32H2,(H,33,36)/t25-,26+,27-/m1/s1. The molecule has 0 aliphatic carbocycles. The normalized spacial score (nSPS) is 21.2. The van der Waals surface area contributed by atoms with Gasteiger partial charge in [-0.2, -0.15) is 0 Å². The molecule has 3 N–H and O–H groups in total. The molecule has 3 aromatic rings. The SMILES string of the molecule is N[C@H]1CN(C(=O)OCc2ccccc2)CC[C@H]2CC[C@H](C(=O)NC(c3ccccc3)c3ccccc3)N2C1=O. The van der Waals surface area contributed by atoms with Crippen LogP contribution in [0.2, 0.25) is 0 Å². The lowest BCUT2D eigenvalue weighted by Gasteiger charge is -2.37. The third kappa shape index (κ3) is 6.12. The fourth-order valence-electron chi connectivity index (χ4n) is 5.53. The molecule has 2 fully saturated rings. The van der Waals surface area contributed by atoms with Crippen molar-refractivity contribution in [2.75, 3.05) is 13.1 Å². The summed E-state index contributed by atoms with van der Waals surface area (Å²) in [6, 6.07) is 27.0. The van der Waals surface area contributed by atoms with Crippen LogP contribution in [0.4, 0.5) is 4.79 Å². The first-order chi connectivity index (χ1) is 19.0. The number of nitrogens with two attached hydrogens (primary N) is 1. The van der Waals surface area contributed by atoms with E-state index >= 15 is 0 Å². The summed E-state index contributed by atoms with van der Waals surface area (Å²) in [6.45, 7) is 0.600.